The van der Waals surface area contributed by atoms with E-state index in [0.29, 0.717) is 21.3 Å². The molecule has 31 heavy (non-hydrogen) atoms. The van der Waals surface area contributed by atoms with Crippen molar-refractivity contribution in [1.29, 1.82) is 0 Å². The molecule has 0 N–H and O–H groups in total. The molecule has 2 heterocycles. The van der Waals surface area contributed by atoms with Crippen molar-refractivity contribution in [2.75, 3.05) is 4.90 Å². The minimum Gasteiger partial charge on any atom is -0.482 e. The van der Waals surface area contributed by atoms with Crippen LogP contribution in [0.1, 0.15) is 12.5 Å². The van der Waals surface area contributed by atoms with Crippen molar-refractivity contribution >= 4 is 32.6 Å². The molecule has 0 spiro atoms. The summed E-state index contributed by atoms with van der Waals surface area (Å²) in [6.45, 7) is 2.09. The number of benzene rings is 3. The Hall–Kier alpha value is -3.45. The van der Waals surface area contributed by atoms with Gasteiger partial charge in [0.15, 0.2) is 16.6 Å². The highest BCUT2D eigenvalue weighted by molar-refractivity contribution is 7.22. The molecular weight excluding hydrogens is 415 g/mol. The molecule has 0 saturated heterocycles. The third-order valence-electron chi connectivity index (χ3n) is 5.12. The van der Waals surface area contributed by atoms with Crippen molar-refractivity contribution in [3.8, 4) is 11.5 Å². The van der Waals surface area contributed by atoms with Crippen LogP contribution in [-0.2, 0) is 11.3 Å². The zero-order valence-corrected chi connectivity index (χ0v) is 17.5. The monoisotopic (exact) mass is 434 g/mol. The van der Waals surface area contributed by atoms with Crippen LogP contribution in [0.3, 0.4) is 0 Å². The van der Waals surface area contributed by atoms with Crippen LogP contribution < -0.4 is 14.4 Å². The summed E-state index contributed by atoms with van der Waals surface area (Å²) < 4.78 is 26.9. The van der Waals surface area contributed by atoms with Gasteiger partial charge in [-0.15, -0.1) is 0 Å². The van der Waals surface area contributed by atoms with E-state index in [1.807, 2.05) is 48.5 Å². The van der Waals surface area contributed by atoms with Gasteiger partial charge in [0.25, 0.3) is 5.91 Å². The number of hydrogen-bond acceptors (Lipinski definition) is 5. The van der Waals surface area contributed by atoms with Crippen LogP contribution in [0.5, 0.6) is 11.5 Å². The molecule has 1 aliphatic rings. The topological polar surface area (TPSA) is 51.7 Å². The Bertz CT molecular complexity index is 1240. The quantitative estimate of drug-likeness (QED) is 0.443. The Morgan fingerprint density at radius 3 is 2.45 bits per heavy atom. The second-order valence-electron chi connectivity index (χ2n) is 7.30. The van der Waals surface area contributed by atoms with Gasteiger partial charge in [-0.1, -0.05) is 59.9 Å². The first-order chi connectivity index (χ1) is 15.1. The van der Waals surface area contributed by atoms with Crippen molar-refractivity contribution in [3.05, 3.63) is 84.2 Å². The van der Waals surface area contributed by atoms with Gasteiger partial charge in [-0.05, 0) is 36.8 Å². The Balaban J connectivity index is 1.53. The lowest BCUT2D eigenvalue weighted by Crippen LogP contribution is -2.50. The number of anilines is 1. The summed E-state index contributed by atoms with van der Waals surface area (Å²) >= 11 is 1.28. The normalized spacial score (nSPS) is 17.5. The summed E-state index contributed by atoms with van der Waals surface area (Å²) in [5, 5.41) is 0.420. The highest BCUT2D eigenvalue weighted by Crippen LogP contribution is 2.36. The number of rotatable bonds is 4. The number of para-hydroxylation sites is 3. The molecule has 5 nitrogen and oxygen atoms in total. The minimum absolute atomic E-state index is 0.257. The van der Waals surface area contributed by atoms with E-state index in [0.717, 1.165) is 5.56 Å². The van der Waals surface area contributed by atoms with Gasteiger partial charge in [-0.3, -0.25) is 9.69 Å². The van der Waals surface area contributed by atoms with Crippen LogP contribution in [0, 0.1) is 5.82 Å². The van der Waals surface area contributed by atoms with Crippen molar-refractivity contribution in [1.82, 2.24) is 4.98 Å². The molecule has 0 saturated carbocycles. The maximum absolute atomic E-state index is 14.3. The smallest absolute Gasteiger partial charge is 0.274 e. The number of ether oxygens (including phenoxy) is 2. The van der Waals surface area contributed by atoms with Crippen LogP contribution in [0.2, 0.25) is 0 Å². The molecule has 5 rings (SSSR count). The molecule has 2 unspecified atom stereocenters. The summed E-state index contributed by atoms with van der Waals surface area (Å²) in [5.74, 6) is 0.432. The Kier molecular flexibility index (Phi) is 5.03. The van der Waals surface area contributed by atoms with E-state index in [1.165, 1.54) is 17.4 Å². The van der Waals surface area contributed by atoms with E-state index >= 15 is 0 Å². The number of amides is 1. The summed E-state index contributed by atoms with van der Waals surface area (Å²) in [6.07, 6.45) is -1.35. The van der Waals surface area contributed by atoms with Gasteiger partial charge >= 0.3 is 0 Å². The number of nitrogens with zero attached hydrogens (tertiary/aromatic N) is 2. The van der Waals surface area contributed by atoms with E-state index in [2.05, 4.69) is 4.98 Å². The largest absolute Gasteiger partial charge is 0.482 e. The van der Waals surface area contributed by atoms with Gasteiger partial charge in [0.1, 0.15) is 17.4 Å². The van der Waals surface area contributed by atoms with Gasteiger partial charge in [-0.2, -0.15) is 0 Å². The number of hydrogen-bond donors (Lipinski definition) is 0. The third-order valence-corrected chi connectivity index (χ3v) is 6.17. The molecule has 2 atom stereocenters. The number of aromatic nitrogens is 1. The summed E-state index contributed by atoms with van der Waals surface area (Å²) in [7, 11) is 0. The fraction of sp³-hybridized carbons (Fsp3) is 0.167. The number of carbonyl (C=O) groups excluding carboxylic acids is 1. The molecule has 1 aliphatic heterocycles. The Morgan fingerprint density at radius 1 is 1.00 bits per heavy atom. The highest BCUT2D eigenvalue weighted by atomic mass is 32.1. The average molecular weight is 434 g/mol. The fourth-order valence-electron chi connectivity index (χ4n) is 3.57. The molecule has 0 aliphatic carbocycles. The molecule has 4 aromatic rings. The van der Waals surface area contributed by atoms with Crippen molar-refractivity contribution in [3.63, 3.8) is 0 Å². The first-order valence-corrected chi connectivity index (χ1v) is 10.7. The maximum Gasteiger partial charge on any atom is 0.274 e. The number of fused-ring (bicyclic) bond motifs is 2. The van der Waals surface area contributed by atoms with Crippen LogP contribution in [-0.4, -0.2) is 23.1 Å². The van der Waals surface area contributed by atoms with E-state index in [4.69, 9.17) is 9.47 Å². The van der Waals surface area contributed by atoms with Crippen LogP contribution in [0.4, 0.5) is 9.52 Å². The predicted octanol–water partition coefficient (Wildman–Crippen LogP) is 5.20. The van der Waals surface area contributed by atoms with Gasteiger partial charge in [0.05, 0.1) is 11.2 Å². The zero-order chi connectivity index (χ0) is 21.4. The SMILES string of the molecule is CC1Oc2ccccc2OC1C(=O)N(Cc1ccccc1)c1nc2c(F)cccc2s1. The summed E-state index contributed by atoms with van der Waals surface area (Å²) in [6, 6.07) is 21.7. The molecule has 0 bridgehead atoms. The van der Waals surface area contributed by atoms with E-state index in [-0.39, 0.29) is 18.0 Å². The van der Waals surface area contributed by atoms with Gasteiger partial charge in [-0.25, -0.2) is 9.37 Å². The van der Waals surface area contributed by atoms with Crippen molar-refractivity contribution in [2.24, 2.45) is 0 Å². The number of thiazole rings is 1. The zero-order valence-electron chi connectivity index (χ0n) is 16.7. The van der Waals surface area contributed by atoms with Crippen LogP contribution >= 0.6 is 11.3 Å². The third kappa shape index (κ3) is 3.72. The lowest BCUT2D eigenvalue weighted by atomic mass is 10.1. The Labute approximate surface area is 182 Å². The number of halogens is 1. The number of carbonyl (C=O) groups is 1. The standard InChI is InChI=1S/C24H19FN2O3S/c1-15-22(30-19-12-6-5-11-18(19)29-15)23(28)27(14-16-8-3-2-4-9-16)24-26-21-17(25)10-7-13-20(21)31-24/h2-13,15,22H,14H2,1H3. The fourth-order valence-corrected chi connectivity index (χ4v) is 4.55. The molecular formula is C24H19FN2O3S. The second-order valence-corrected chi connectivity index (χ2v) is 8.31. The first kappa shape index (κ1) is 19.5. The van der Waals surface area contributed by atoms with Gasteiger partial charge < -0.3 is 9.47 Å². The molecule has 0 fully saturated rings. The maximum atomic E-state index is 14.3. The lowest BCUT2D eigenvalue weighted by molar-refractivity contribution is -0.130. The van der Waals surface area contributed by atoms with Crippen molar-refractivity contribution in [2.45, 2.75) is 25.7 Å². The van der Waals surface area contributed by atoms with Gasteiger partial charge in [0, 0.05) is 0 Å². The van der Waals surface area contributed by atoms with E-state index in [1.54, 1.807) is 30.0 Å². The first-order valence-electron chi connectivity index (χ1n) is 9.93. The van der Waals surface area contributed by atoms with Crippen LogP contribution in [0.15, 0.2) is 72.8 Å². The van der Waals surface area contributed by atoms with Crippen LogP contribution in [0.25, 0.3) is 10.2 Å². The summed E-state index contributed by atoms with van der Waals surface area (Å²) in [4.78, 5) is 19.7. The summed E-state index contributed by atoms with van der Waals surface area (Å²) in [5.41, 5.74) is 1.19. The molecule has 0 radical (unpaired) electrons. The molecule has 1 amide bonds. The Morgan fingerprint density at radius 2 is 1.71 bits per heavy atom. The molecule has 7 heteroatoms. The van der Waals surface area contributed by atoms with E-state index in [9.17, 15) is 9.18 Å². The average Bonchev–Trinajstić information content (AvgIpc) is 3.23. The van der Waals surface area contributed by atoms with Crippen molar-refractivity contribution < 1.29 is 18.7 Å². The predicted molar refractivity (Wildman–Crippen MR) is 118 cm³/mol. The molecule has 1 aromatic heterocycles. The second kappa shape index (κ2) is 8.00. The minimum atomic E-state index is -0.851. The molecule has 3 aromatic carbocycles. The molecule has 156 valence electrons. The highest BCUT2D eigenvalue weighted by Gasteiger charge is 2.38. The van der Waals surface area contributed by atoms with E-state index < -0.39 is 18.0 Å². The lowest BCUT2D eigenvalue weighted by Gasteiger charge is -2.33. The van der Waals surface area contributed by atoms with Gasteiger partial charge in [0.2, 0.25) is 6.10 Å².